The van der Waals surface area contributed by atoms with E-state index in [1.165, 1.54) is 4.57 Å². The number of rotatable bonds is 2. The molecular formula is C21H24N6O2. The number of nitrogens with zero attached hydrogens (tertiary/aromatic N) is 5. The maximum absolute atomic E-state index is 12.7. The van der Waals surface area contributed by atoms with Crippen molar-refractivity contribution in [3.8, 4) is 0 Å². The van der Waals surface area contributed by atoms with E-state index in [0.29, 0.717) is 43.2 Å². The first kappa shape index (κ1) is 18.9. The topological polar surface area (TPSA) is 83.4 Å². The summed E-state index contributed by atoms with van der Waals surface area (Å²) in [5.41, 5.74) is 4.08. The van der Waals surface area contributed by atoms with Crippen molar-refractivity contribution in [1.29, 1.82) is 0 Å². The van der Waals surface area contributed by atoms with Gasteiger partial charge in [0.05, 0.1) is 0 Å². The maximum atomic E-state index is 12.7. The van der Waals surface area contributed by atoms with Gasteiger partial charge in [-0.15, -0.1) is 0 Å². The number of carbonyl (C=O) groups excluding carboxylic acids is 1. The standard InChI is InChI=1S/C21H24N6O2/c1-14-6-7-16(15(2)13-14)24-21(29)27-11-9-26(10-12-27)19-20(28)25(3)18-17(23-19)5-4-8-22-18/h4-8,13H,9-12H2,1-3H3,(H,24,29). The molecule has 1 aliphatic rings. The minimum absolute atomic E-state index is 0.125. The molecule has 1 saturated heterocycles. The lowest BCUT2D eigenvalue weighted by Crippen LogP contribution is -2.51. The van der Waals surface area contributed by atoms with Crippen LogP contribution in [0.4, 0.5) is 16.3 Å². The number of fused-ring (bicyclic) bond motifs is 1. The summed E-state index contributed by atoms with van der Waals surface area (Å²) in [6, 6.07) is 9.48. The number of amides is 2. The van der Waals surface area contributed by atoms with Gasteiger partial charge in [-0.3, -0.25) is 9.36 Å². The largest absolute Gasteiger partial charge is 0.348 e. The quantitative estimate of drug-likeness (QED) is 0.724. The first-order valence-electron chi connectivity index (χ1n) is 9.64. The fourth-order valence-corrected chi connectivity index (χ4v) is 3.62. The lowest BCUT2D eigenvalue weighted by molar-refractivity contribution is 0.208. The first-order valence-corrected chi connectivity index (χ1v) is 9.64. The van der Waals surface area contributed by atoms with Crippen molar-refractivity contribution in [3.63, 3.8) is 0 Å². The Morgan fingerprint density at radius 3 is 2.59 bits per heavy atom. The average Bonchev–Trinajstić information content (AvgIpc) is 2.73. The Morgan fingerprint density at radius 1 is 1.10 bits per heavy atom. The van der Waals surface area contributed by atoms with Gasteiger partial charge in [-0.25, -0.2) is 14.8 Å². The molecule has 0 aliphatic carbocycles. The lowest BCUT2D eigenvalue weighted by atomic mass is 10.1. The van der Waals surface area contributed by atoms with Crippen LogP contribution in [0.1, 0.15) is 11.1 Å². The second kappa shape index (κ2) is 7.54. The molecule has 1 aromatic carbocycles. The van der Waals surface area contributed by atoms with Crippen LogP contribution in [-0.4, -0.2) is 51.6 Å². The van der Waals surface area contributed by atoms with Crippen molar-refractivity contribution in [3.05, 3.63) is 58.0 Å². The molecule has 0 bridgehead atoms. The first-order chi connectivity index (χ1) is 13.9. The predicted octanol–water partition coefficient (Wildman–Crippen LogP) is 2.30. The van der Waals surface area contributed by atoms with Gasteiger partial charge in [0, 0.05) is 45.1 Å². The van der Waals surface area contributed by atoms with E-state index in [0.717, 1.165) is 16.8 Å². The van der Waals surface area contributed by atoms with E-state index in [-0.39, 0.29) is 11.6 Å². The molecule has 0 unspecified atom stereocenters. The third-order valence-corrected chi connectivity index (χ3v) is 5.30. The van der Waals surface area contributed by atoms with E-state index in [1.54, 1.807) is 24.2 Å². The highest BCUT2D eigenvalue weighted by Gasteiger charge is 2.24. The van der Waals surface area contributed by atoms with Gasteiger partial charge < -0.3 is 15.1 Å². The van der Waals surface area contributed by atoms with Crippen molar-refractivity contribution in [2.24, 2.45) is 7.05 Å². The molecule has 3 heterocycles. The predicted molar refractivity (Wildman–Crippen MR) is 113 cm³/mol. The van der Waals surface area contributed by atoms with Crippen LogP contribution >= 0.6 is 0 Å². The maximum Gasteiger partial charge on any atom is 0.321 e. The number of nitrogens with one attached hydrogen (secondary N) is 1. The van der Waals surface area contributed by atoms with Crippen LogP contribution in [-0.2, 0) is 7.05 Å². The molecule has 2 amide bonds. The van der Waals surface area contributed by atoms with Crippen LogP contribution in [0.3, 0.4) is 0 Å². The molecule has 0 radical (unpaired) electrons. The molecule has 1 fully saturated rings. The minimum atomic E-state index is -0.176. The number of anilines is 2. The summed E-state index contributed by atoms with van der Waals surface area (Å²) in [5.74, 6) is 0.405. The van der Waals surface area contributed by atoms with Gasteiger partial charge in [-0.05, 0) is 37.6 Å². The third kappa shape index (κ3) is 3.65. The van der Waals surface area contributed by atoms with Crippen LogP contribution in [0.25, 0.3) is 11.2 Å². The van der Waals surface area contributed by atoms with Crippen LogP contribution in [0.5, 0.6) is 0 Å². The number of pyridine rings is 1. The zero-order valence-corrected chi connectivity index (χ0v) is 16.8. The van der Waals surface area contributed by atoms with Gasteiger partial charge in [0.15, 0.2) is 11.5 Å². The van der Waals surface area contributed by atoms with E-state index in [2.05, 4.69) is 15.3 Å². The van der Waals surface area contributed by atoms with Crippen LogP contribution in [0.2, 0.25) is 0 Å². The smallest absolute Gasteiger partial charge is 0.321 e. The molecule has 8 heteroatoms. The highest BCUT2D eigenvalue weighted by Crippen LogP contribution is 2.18. The summed E-state index contributed by atoms with van der Waals surface area (Å²) < 4.78 is 1.52. The SMILES string of the molecule is Cc1ccc(NC(=O)N2CCN(c3nc4cccnc4n(C)c3=O)CC2)c(C)c1. The molecule has 1 N–H and O–H groups in total. The van der Waals surface area contributed by atoms with Gasteiger partial charge in [0.1, 0.15) is 5.52 Å². The van der Waals surface area contributed by atoms with Crippen LogP contribution in [0.15, 0.2) is 41.3 Å². The fraction of sp³-hybridized carbons (Fsp3) is 0.333. The Balaban J connectivity index is 1.47. The van der Waals surface area contributed by atoms with Gasteiger partial charge in [0.2, 0.25) is 0 Å². The van der Waals surface area contributed by atoms with Gasteiger partial charge in [-0.1, -0.05) is 17.7 Å². The molecule has 29 heavy (non-hydrogen) atoms. The lowest BCUT2D eigenvalue weighted by Gasteiger charge is -2.35. The monoisotopic (exact) mass is 392 g/mol. The Hall–Kier alpha value is -3.42. The van der Waals surface area contributed by atoms with Crippen molar-refractivity contribution in [1.82, 2.24) is 19.4 Å². The number of hydrogen-bond acceptors (Lipinski definition) is 5. The molecule has 0 saturated carbocycles. The molecule has 3 aromatic rings. The van der Waals surface area contributed by atoms with E-state index in [4.69, 9.17) is 0 Å². The Labute approximate surface area is 168 Å². The molecule has 2 aromatic heterocycles. The highest BCUT2D eigenvalue weighted by atomic mass is 16.2. The molecular weight excluding hydrogens is 368 g/mol. The number of urea groups is 1. The summed E-state index contributed by atoms with van der Waals surface area (Å²) in [4.78, 5) is 37.9. The van der Waals surface area contributed by atoms with Crippen LogP contribution in [0, 0.1) is 13.8 Å². The van der Waals surface area contributed by atoms with E-state index in [9.17, 15) is 9.59 Å². The normalized spacial score (nSPS) is 14.3. The Morgan fingerprint density at radius 2 is 1.86 bits per heavy atom. The van der Waals surface area contributed by atoms with Crippen molar-refractivity contribution in [2.45, 2.75) is 13.8 Å². The second-order valence-corrected chi connectivity index (χ2v) is 7.37. The van der Waals surface area contributed by atoms with E-state index < -0.39 is 0 Å². The number of carbonyl (C=O) groups is 1. The summed E-state index contributed by atoms with van der Waals surface area (Å²) in [6.45, 7) is 6.15. The third-order valence-electron chi connectivity index (χ3n) is 5.30. The summed E-state index contributed by atoms with van der Waals surface area (Å²) in [7, 11) is 1.70. The molecule has 8 nitrogen and oxygen atoms in total. The van der Waals surface area contributed by atoms with Crippen molar-refractivity contribution >= 4 is 28.7 Å². The number of benzene rings is 1. The molecule has 150 valence electrons. The summed E-state index contributed by atoms with van der Waals surface area (Å²) in [5, 5.41) is 2.99. The molecule has 0 spiro atoms. The molecule has 1 aliphatic heterocycles. The number of piperazine rings is 1. The van der Waals surface area contributed by atoms with Crippen LogP contribution < -0.4 is 15.8 Å². The summed E-state index contributed by atoms with van der Waals surface area (Å²) >= 11 is 0. The van der Waals surface area contributed by atoms with Gasteiger partial charge >= 0.3 is 6.03 Å². The molecule has 0 atom stereocenters. The van der Waals surface area contributed by atoms with E-state index >= 15 is 0 Å². The number of aryl methyl sites for hydroxylation is 3. The number of hydrogen-bond donors (Lipinski definition) is 1. The zero-order valence-electron chi connectivity index (χ0n) is 16.8. The summed E-state index contributed by atoms with van der Waals surface area (Å²) in [6.07, 6.45) is 1.65. The fourth-order valence-electron chi connectivity index (χ4n) is 3.62. The Kier molecular flexibility index (Phi) is 4.92. The minimum Gasteiger partial charge on any atom is -0.348 e. The second-order valence-electron chi connectivity index (χ2n) is 7.37. The van der Waals surface area contributed by atoms with Crippen molar-refractivity contribution < 1.29 is 4.79 Å². The van der Waals surface area contributed by atoms with Gasteiger partial charge in [-0.2, -0.15) is 0 Å². The van der Waals surface area contributed by atoms with E-state index in [1.807, 2.05) is 43.0 Å². The van der Waals surface area contributed by atoms with Crippen molar-refractivity contribution in [2.75, 3.05) is 36.4 Å². The average molecular weight is 392 g/mol. The highest BCUT2D eigenvalue weighted by molar-refractivity contribution is 5.90. The number of aromatic nitrogens is 3. The molecule has 4 rings (SSSR count). The Bertz CT molecular complexity index is 1130. The van der Waals surface area contributed by atoms with Gasteiger partial charge in [0.25, 0.3) is 5.56 Å². The zero-order chi connectivity index (χ0) is 20.5.